The molecule has 7 heavy (non-hydrogen) atoms. The topological polar surface area (TPSA) is 26.3 Å². The fourth-order valence-corrected chi connectivity index (χ4v) is 0. The Morgan fingerprint density at radius 3 is 1.86 bits per heavy atom. The van der Waals surface area contributed by atoms with E-state index in [9.17, 15) is 4.79 Å². The number of rotatable bonds is 0. The molecule has 0 aromatic heterocycles. The fraction of sp³-hybridized carbons (Fsp3) is 0.500. The summed E-state index contributed by atoms with van der Waals surface area (Å²) in [4.78, 5) is 9.63. The molecule has 0 bridgehead atoms. The van der Waals surface area contributed by atoms with Crippen LogP contribution in [-0.2, 0) is 26.5 Å². The second-order valence-corrected chi connectivity index (χ2v) is 1.44. The van der Waals surface area contributed by atoms with E-state index in [1.165, 1.54) is 6.92 Å². The van der Waals surface area contributed by atoms with Gasteiger partial charge in [0.15, 0.2) is 0 Å². The average Bonchev–Trinajstić information content (AvgIpc) is 1.38. The SMILES string of the molecule is CC(=O)[O][U].[NaH].[Zn]. The molecule has 0 aliphatic rings. The van der Waals surface area contributed by atoms with Gasteiger partial charge in [-0.15, -0.1) is 0 Å². The minimum Gasteiger partial charge on any atom is 0 e. The summed E-state index contributed by atoms with van der Waals surface area (Å²) in [5.74, 6) is -0.171. The molecular weight excluding hydrogens is 382 g/mol. The van der Waals surface area contributed by atoms with Gasteiger partial charge in [0.05, 0.1) is 0 Å². The third-order valence-electron chi connectivity index (χ3n) is 0.144. The molecule has 0 fully saturated rings. The Morgan fingerprint density at radius 1 is 1.71 bits per heavy atom. The van der Waals surface area contributed by atoms with Gasteiger partial charge in [-0.1, -0.05) is 0 Å². The Bertz CT molecular complexity index is 51.0. The van der Waals surface area contributed by atoms with Gasteiger partial charge in [-0.25, -0.2) is 0 Å². The van der Waals surface area contributed by atoms with Crippen LogP contribution in [0.4, 0.5) is 0 Å². The van der Waals surface area contributed by atoms with E-state index >= 15 is 0 Å². The zero-order chi connectivity index (χ0) is 4.28. The Kier molecular flexibility index (Phi) is 25.3. The van der Waals surface area contributed by atoms with Crippen LogP contribution >= 0.6 is 0 Å². The summed E-state index contributed by atoms with van der Waals surface area (Å²) >= 11 is 0.349. The largest absolute Gasteiger partial charge is 0 e. The van der Waals surface area contributed by atoms with Crippen molar-refractivity contribution in [3.8, 4) is 0 Å². The van der Waals surface area contributed by atoms with E-state index in [4.69, 9.17) is 0 Å². The van der Waals surface area contributed by atoms with E-state index in [1.54, 1.807) is 0 Å². The van der Waals surface area contributed by atoms with Crippen molar-refractivity contribution in [3.05, 3.63) is 0 Å². The van der Waals surface area contributed by atoms with Gasteiger partial charge in [0.1, 0.15) is 0 Å². The molecule has 0 rings (SSSR count). The summed E-state index contributed by atoms with van der Waals surface area (Å²) in [5.41, 5.74) is 0. The molecule has 0 radical (unpaired) electrons. The van der Waals surface area contributed by atoms with Crippen LogP contribution < -0.4 is 0 Å². The summed E-state index contributed by atoms with van der Waals surface area (Å²) in [6.45, 7) is 1.40. The molecule has 0 N–H and O–H groups in total. The zero-order valence-electron chi connectivity index (χ0n) is 3.52. The maximum absolute atomic E-state index is 9.63. The molecule has 2 nitrogen and oxygen atoms in total. The second-order valence-electron chi connectivity index (χ2n) is 0.594. The Labute approximate surface area is 97.2 Å². The summed E-state index contributed by atoms with van der Waals surface area (Å²) < 4.78 is 4.28. The van der Waals surface area contributed by atoms with Crippen molar-refractivity contribution in [2.24, 2.45) is 0 Å². The first-order valence-electron chi connectivity index (χ1n) is 1.11. The van der Waals surface area contributed by atoms with Gasteiger partial charge in [0.2, 0.25) is 0 Å². The molecule has 31 valence electrons. The minimum absolute atomic E-state index is 0. The van der Waals surface area contributed by atoms with Crippen molar-refractivity contribution >= 4 is 35.5 Å². The van der Waals surface area contributed by atoms with Crippen molar-refractivity contribution in [1.82, 2.24) is 0 Å². The molecule has 0 aliphatic heterocycles. The van der Waals surface area contributed by atoms with Crippen LogP contribution in [0.3, 0.4) is 0 Å². The monoisotopic (exact) mass is 385 g/mol. The van der Waals surface area contributed by atoms with Crippen LogP contribution in [0, 0.1) is 29.9 Å². The van der Waals surface area contributed by atoms with Crippen molar-refractivity contribution < 1.29 is 56.4 Å². The molecule has 0 aromatic carbocycles. The first-order chi connectivity index (χ1) is 2.27. The van der Waals surface area contributed by atoms with Gasteiger partial charge in [0.25, 0.3) is 0 Å². The molecule has 0 saturated carbocycles. The van der Waals surface area contributed by atoms with Gasteiger partial charge < -0.3 is 0 Å². The second kappa shape index (κ2) is 11.0. The molecule has 0 amide bonds. The number of carbonyl (C=O) groups excluding carboxylic acids is 1. The van der Waals surface area contributed by atoms with Crippen molar-refractivity contribution in [1.29, 1.82) is 0 Å². The number of carbonyl (C=O) groups is 1. The molecule has 0 saturated heterocycles. The van der Waals surface area contributed by atoms with E-state index in [2.05, 4.69) is 2.24 Å². The Morgan fingerprint density at radius 2 is 1.86 bits per heavy atom. The van der Waals surface area contributed by atoms with Gasteiger partial charge >= 0.3 is 79.4 Å². The third kappa shape index (κ3) is 17.9. The van der Waals surface area contributed by atoms with Crippen LogP contribution in [0.1, 0.15) is 6.92 Å². The Balaban J connectivity index is -0.0000000800. The van der Waals surface area contributed by atoms with Gasteiger partial charge in [0, 0.05) is 19.5 Å². The summed E-state index contributed by atoms with van der Waals surface area (Å²) in [7, 11) is 0. The summed E-state index contributed by atoms with van der Waals surface area (Å²) in [6, 6.07) is 0. The molecular formula is C2H4NaO2UZn. The van der Waals surface area contributed by atoms with E-state index in [-0.39, 0.29) is 55.0 Å². The smallest absolute Gasteiger partial charge is 0 e. The minimum atomic E-state index is -0.171. The first kappa shape index (κ1) is 16.1. The summed E-state index contributed by atoms with van der Waals surface area (Å²) in [6.07, 6.45) is 0. The molecule has 0 aromatic rings. The predicted molar refractivity (Wildman–Crippen MR) is 18.9 cm³/mol. The van der Waals surface area contributed by atoms with Gasteiger partial charge in [-0.3, -0.25) is 0 Å². The molecule has 0 unspecified atom stereocenters. The molecule has 0 heterocycles. The average molecular weight is 386 g/mol. The van der Waals surface area contributed by atoms with Crippen LogP contribution in [0.15, 0.2) is 0 Å². The van der Waals surface area contributed by atoms with Crippen LogP contribution in [-0.4, -0.2) is 35.5 Å². The normalized spacial score (nSPS) is 5.00. The van der Waals surface area contributed by atoms with E-state index < -0.39 is 0 Å². The summed E-state index contributed by atoms with van der Waals surface area (Å²) in [5, 5.41) is 0. The predicted octanol–water partition coefficient (Wildman–Crippen LogP) is -0.637. The molecule has 0 aliphatic carbocycles. The van der Waals surface area contributed by atoms with Gasteiger partial charge in [-0.2, -0.15) is 0 Å². The standard InChI is InChI=1S/C2H4O2.Na.U.Zn.H/c1-2(3)4;;;;/h1H3,(H,3,4);;;;/q;;+1;;/p-1. The van der Waals surface area contributed by atoms with Crippen LogP contribution in [0.2, 0.25) is 0 Å². The maximum atomic E-state index is 9.63. The van der Waals surface area contributed by atoms with E-state index in [1.807, 2.05) is 0 Å². The van der Waals surface area contributed by atoms with Crippen molar-refractivity contribution in [3.63, 3.8) is 0 Å². The van der Waals surface area contributed by atoms with E-state index in [0.717, 1.165) is 0 Å². The quantitative estimate of drug-likeness (QED) is 0.518. The first-order valence-corrected chi connectivity index (χ1v) is 2.81. The number of hydrogen-bond donors (Lipinski definition) is 0. The van der Waals surface area contributed by atoms with Crippen molar-refractivity contribution in [2.45, 2.75) is 6.92 Å². The number of hydrogen-bond acceptors (Lipinski definition) is 2. The fourth-order valence-electron chi connectivity index (χ4n) is 0. The molecule has 0 atom stereocenters. The Hall–Kier alpha value is 2.15. The molecule has 5 heteroatoms. The van der Waals surface area contributed by atoms with E-state index in [0.29, 0.717) is 29.9 Å². The van der Waals surface area contributed by atoms with Crippen molar-refractivity contribution in [2.75, 3.05) is 0 Å². The zero-order valence-corrected chi connectivity index (χ0v) is 10.7. The molecule has 0 spiro atoms. The van der Waals surface area contributed by atoms with Crippen LogP contribution in [0.25, 0.3) is 0 Å². The maximum Gasteiger partial charge on any atom is 0 e. The van der Waals surface area contributed by atoms with Gasteiger partial charge in [-0.05, 0) is 0 Å². The van der Waals surface area contributed by atoms with Crippen LogP contribution in [0.5, 0.6) is 0 Å². The third-order valence-corrected chi connectivity index (χ3v) is 1.34.